The molecule has 738 valence electrons. The summed E-state index contributed by atoms with van der Waals surface area (Å²) >= 11 is 7.92. The Bertz CT molecular complexity index is 6890. The second-order valence-corrected chi connectivity index (χ2v) is 42.2. The van der Waals surface area contributed by atoms with Crippen LogP contribution in [0.5, 0.6) is 0 Å². The predicted octanol–water partition coefficient (Wildman–Crippen LogP) is 21.9. The third-order valence-corrected chi connectivity index (χ3v) is 31.7. The predicted molar refractivity (Wildman–Crippen MR) is 585 cm³/mol. The van der Waals surface area contributed by atoms with Crippen molar-refractivity contribution in [3.8, 4) is 11.4 Å². The van der Waals surface area contributed by atoms with Crippen LogP contribution in [-0.4, -0.2) is 109 Å². The van der Waals surface area contributed by atoms with Crippen LogP contribution in [-0.2, 0) is 19.2 Å². The number of allylic oxidation sites excluding steroid dienone is 2. The first-order valence-electron chi connectivity index (χ1n) is 51.8. The van der Waals surface area contributed by atoms with Crippen LogP contribution in [0.15, 0.2) is 251 Å². The van der Waals surface area contributed by atoms with Crippen molar-refractivity contribution in [2.45, 2.75) is 209 Å². The molecule has 4 amide bonds. The lowest BCUT2D eigenvalue weighted by molar-refractivity contribution is -0.538. The second-order valence-electron chi connectivity index (χ2n) is 41.7. The number of halogens is 1. The standard InChI is InChI=1S/C118H135ClN20O4/c1-75-53-95-103(61-87(75)120)136(83-37-21-17-22-38-83)106-65-91(79(5)57-98(106)132-95)124-45-29-9-13-33-49-128-111(140)115-69-116(112(141)129-50-34-14-10-30-46-125-92-66-107-99(58-80(92)6)133-96-54-76(2)88(121)62-104(96)137(107)84-39-23-18-24-40-84)71-117(70-115,113(142)130-51-35-15-11-31-47-126-93-67-108-100(59-81(93)7)134-97-55-77(3)89(122)63-105(97)138(108)85-41-25-19-26-42-85)74-118(72-115,73-116)114(143)131-52-36-16-12-32-48-127-94-68-110-102(60-82(94)8)135-101-56-78(4)90(123)64-109(101)139(110,119)86-43-27-20-28-44-86/h17-28,37-44,53-68,103,109,124,127H,9-16,29-36,45-52,69-74,120,123H2,1-8H3,(H7-,121,122,125,126,128,129,130,131,140,141,142,143)/p+3. The van der Waals surface area contributed by atoms with Crippen molar-refractivity contribution < 1.29 is 28.3 Å². The number of aliphatic imine (C=N–C) groups is 2. The van der Waals surface area contributed by atoms with Crippen molar-refractivity contribution in [3.05, 3.63) is 274 Å². The lowest BCUT2D eigenvalue weighted by Gasteiger charge is -2.67. The minimum Gasteiger partial charge on any atom is -0.399 e. The van der Waals surface area contributed by atoms with Gasteiger partial charge < -0.3 is 70.4 Å². The minimum absolute atomic E-state index is 0.0291. The summed E-state index contributed by atoms with van der Waals surface area (Å²) in [6.07, 6.45) is 23.4. The Balaban J connectivity index is 0.534. The normalized spacial score (nSPS) is 20.6. The van der Waals surface area contributed by atoms with Gasteiger partial charge in [0.1, 0.15) is 33.5 Å². The fraction of sp³-hybridized carbons (Fsp3) is 0.373. The van der Waals surface area contributed by atoms with Gasteiger partial charge in [0.05, 0.1) is 44.8 Å². The Morgan fingerprint density at radius 2 is 0.699 bits per heavy atom. The summed E-state index contributed by atoms with van der Waals surface area (Å²) in [4.78, 5) is 86.8. The maximum Gasteiger partial charge on any atom is 0.239 e. The number of hydrogen-bond acceptors (Lipinski definition) is 17. The molecule has 12 aromatic rings. The van der Waals surface area contributed by atoms with E-state index < -0.39 is 21.7 Å². The summed E-state index contributed by atoms with van der Waals surface area (Å²) < 4.78 is 4.46. The molecule has 4 fully saturated rings. The molecule has 25 heteroatoms. The largest absolute Gasteiger partial charge is 0.399 e. The molecular formula is C118H138ClN20O4+3. The maximum atomic E-state index is 16.0. The molecule has 8 aliphatic rings. The van der Waals surface area contributed by atoms with E-state index in [4.69, 9.17) is 54.7 Å². The minimum atomic E-state index is -1.19. The molecule has 2 aromatic heterocycles. The molecule has 5 unspecified atom stereocenters. The summed E-state index contributed by atoms with van der Waals surface area (Å²) in [7, 11) is 0. The summed E-state index contributed by atoms with van der Waals surface area (Å²) in [5, 5.41) is 28.8. The zero-order valence-corrected chi connectivity index (χ0v) is 84.8. The van der Waals surface area contributed by atoms with Gasteiger partial charge in [-0.3, -0.25) is 19.2 Å². The first-order valence-corrected chi connectivity index (χ1v) is 52.1. The van der Waals surface area contributed by atoms with Crippen LogP contribution in [0.2, 0.25) is 0 Å². The van der Waals surface area contributed by atoms with Crippen LogP contribution in [0.4, 0.5) is 68.2 Å². The molecule has 10 aromatic carbocycles. The van der Waals surface area contributed by atoms with Crippen LogP contribution in [0.1, 0.15) is 188 Å². The summed E-state index contributed by atoms with van der Waals surface area (Å²) in [6, 6.07) is 66.3. The number of nitrogen functional groups attached to an aromatic ring is 2. The summed E-state index contributed by atoms with van der Waals surface area (Å²) in [6.45, 7) is 21.1. The highest BCUT2D eigenvalue weighted by molar-refractivity contribution is 6.30. The van der Waals surface area contributed by atoms with Crippen molar-refractivity contribution in [1.29, 1.82) is 0 Å². The number of rotatable bonds is 40. The fourth-order valence-corrected chi connectivity index (χ4v) is 24.3. The highest BCUT2D eigenvalue weighted by Crippen LogP contribution is 2.74. The van der Waals surface area contributed by atoms with Gasteiger partial charge in [0.2, 0.25) is 57.1 Å². The van der Waals surface area contributed by atoms with E-state index in [0.29, 0.717) is 49.8 Å². The summed E-state index contributed by atoms with van der Waals surface area (Å²) in [5.74, 6) is -0.705. The second kappa shape index (κ2) is 41.5. The van der Waals surface area contributed by atoms with E-state index >= 15 is 19.2 Å². The lowest BCUT2D eigenvalue weighted by Crippen LogP contribution is -2.72. The van der Waals surface area contributed by atoms with Crippen molar-refractivity contribution in [2.24, 2.45) is 43.1 Å². The number of nitrogens with zero attached hydrogens (tertiary/aromatic N) is 8. The van der Waals surface area contributed by atoms with Gasteiger partial charge in [0.15, 0.2) is 29.2 Å². The first-order chi connectivity index (χ1) is 69.2. The van der Waals surface area contributed by atoms with E-state index in [1.807, 2.05) is 113 Å². The number of aryl methyl sites for hydroxylation is 6. The van der Waals surface area contributed by atoms with Gasteiger partial charge in [0, 0.05) is 176 Å². The highest BCUT2D eigenvalue weighted by Gasteiger charge is 2.75. The lowest BCUT2D eigenvalue weighted by atomic mass is 9.34. The van der Waals surface area contributed by atoms with E-state index in [0.717, 1.165) is 296 Å². The molecule has 0 spiro atoms. The Labute approximate surface area is 845 Å². The summed E-state index contributed by atoms with van der Waals surface area (Å²) in [5.41, 5.74) is 53.6. The number of carbonyl (C=O) groups excluding carboxylic acids is 4. The molecule has 2 aliphatic heterocycles. The topological polar surface area (TPSA) is 330 Å². The Morgan fingerprint density at radius 3 is 1.11 bits per heavy atom. The molecule has 143 heavy (non-hydrogen) atoms. The Morgan fingerprint density at radius 1 is 0.371 bits per heavy atom. The van der Waals surface area contributed by atoms with Gasteiger partial charge >= 0.3 is 0 Å². The van der Waals surface area contributed by atoms with Crippen LogP contribution in [0, 0.1) is 63.2 Å². The number of quaternary nitrogens is 1. The fourth-order valence-electron chi connectivity index (χ4n) is 23.9. The molecule has 0 saturated heterocycles. The Kier molecular flexibility index (Phi) is 28.4. The first kappa shape index (κ1) is 97.8. The molecule has 0 radical (unpaired) electrons. The number of fused-ring (bicyclic) bond motifs is 8. The molecule has 5 atom stereocenters. The van der Waals surface area contributed by atoms with E-state index in [1.54, 1.807) is 0 Å². The SMILES string of the molecule is CC1=CC2=Nc3cc(C)c(NCCCCCCNC(=O)C45CC6(C(=O)NCCCCCCNc7cc8c(cc7C)N=C7C=C(C)C(N)=CC7[N+]8(Cl)c7ccccc7)CC(C(=O)NCCCCCCNc7cc8c(cc7C)nc7cc(C)c(N)cc7[n+]8-c7ccccc7)(C4)CC(C(=O)NCCCCCCNc4cc7c(cc4C)nc4cc(C)c(N)cc4[n+]7-c4ccccc4)(C5)C6)cc3N(c3ccccc3)C2C=C1N. The van der Waals surface area contributed by atoms with Crippen molar-refractivity contribution in [2.75, 3.05) is 90.0 Å². The third kappa shape index (κ3) is 19.9. The Hall–Kier alpha value is -14.0. The molecule has 4 heterocycles. The smallest absolute Gasteiger partial charge is 0.239 e. The number of nitrogens with two attached hydrogens (primary N) is 4. The van der Waals surface area contributed by atoms with Gasteiger partial charge in [-0.1, -0.05) is 124 Å². The number of para-hydroxylation sites is 4. The molecule has 16 N–H and O–H groups in total. The number of hydrogen-bond donors (Lipinski definition) is 12. The number of carbonyl (C=O) groups is 4. The monoisotopic (exact) mass is 1930 g/mol. The number of aromatic nitrogens is 4. The van der Waals surface area contributed by atoms with Crippen molar-refractivity contribution in [3.63, 3.8) is 0 Å². The number of anilines is 8. The van der Waals surface area contributed by atoms with Gasteiger partial charge in [0.25, 0.3) is 0 Å². The quantitative estimate of drug-likeness (QED) is 0.00558. The zero-order chi connectivity index (χ0) is 99.5. The van der Waals surface area contributed by atoms with Gasteiger partial charge in [-0.05, 0) is 263 Å². The number of amides is 4. The van der Waals surface area contributed by atoms with E-state index in [9.17, 15) is 0 Å². The van der Waals surface area contributed by atoms with Crippen molar-refractivity contribution >= 4 is 159 Å². The van der Waals surface area contributed by atoms with E-state index in [-0.39, 0.29) is 78.2 Å². The van der Waals surface area contributed by atoms with Crippen LogP contribution in [0.3, 0.4) is 0 Å². The molecule has 4 saturated carbocycles. The number of unbranched alkanes of at least 4 members (excludes halogenated alkanes) is 12. The number of nitrogens with one attached hydrogen (secondary N) is 8. The molecular weight excluding hydrogens is 1800 g/mol. The average Bonchev–Trinajstić information content (AvgIpc) is 0.667. The molecule has 4 bridgehead atoms. The van der Waals surface area contributed by atoms with Crippen LogP contribution in [0.25, 0.3) is 55.5 Å². The van der Waals surface area contributed by atoms with Gasteiger partial charge in [-0.2, -0.15) is 0 Å². The van der Waals surface area contributed by atoms with Gasteiger partial charge in [-0.25, -0.2) is 20.0 Å². The van der Waals surface area contributed by atoms with Crippen molar-refractivity contribution in [1.82, 2.24) is 35.2 Å². The average molecular weight is 1940 g/mol. The number of benzene rings is 10. The zero-order valence-electron chi connectivity index (χ0n) is 84.1. The molecule has 24 nitrogen and oxygen atoms in total. The van der Waals surface area contributed by atoms with E-state index in [2.05, 4.69) is 218 Å². The molecule has 20 rings (SSSR count). The molecule has 6 aliphatic carbocycles. The maximum absolute atomic E-state index is 16.0. The van der Waals surface area contributed by atoms with Gasteiger partial charge in [-0.15, -0.1) is 13.1 Å². The van der Waals surface area contributed by atoms with Crippen LogP contribution < -0.4 is 83.5 Å². The highest BCUT2D eigenvalue weighted by atomic mass is 35.5. The van der Waals surface area contributed by atoms with Crippen LogP contribution >= 0.6 is 11.8 Å². The third-order valence-electron chi connectivity index (χ3n) is 31.1. The van der Waals surface area contributed by atoms with E-state index in [1.165, 1.54) is 0 Å².